The lowest BCUT2D eigenvalue weighted by Gasteiger charge is -2.29. The number of aromatic nitrogens is 1. The van der Waals surface area contributed by atoms with Crippen LogP contribution in [0.2, 0.25) is 0 Å². The van der Waals surface area contributed by atoms with Gasteiger partial charge in [0.1, 0.15) is 12.4 Å². The van der Waals surface area contributed by atoms with Gasteiger partial charge in [0.15, 0.2) is 0 Å². The Morgan fingerprint density at radius 3 is 2.52 bits per heavy atom. The molecule has 1 fully saturated rings. The maximum atomic E-state index is 12.8. The minimum absolute atomic E-state index is 0.125. The molecule has 1 aliphatic rings. The monoisotopic (exact) mass is 418 g/mol. The van der Waals surface area contributed by atoms with Gasteiger partial charge in [-0.2, -0.15) is 0 Å². The van der Waals surface area contributed by atoms with Crippen molar-refractivity contribution in [3.8, 4) is 16.9 Å². The fourth-order valence-electron chi connectivity index (χ4n) is 4.10. The van der Waals surface area contributed by atoms with E-state index < -0.39 is 12.0 Å². The molecule has 0 aliphatic heterocycles. The van der Waals surface area contributed by atoms with Crippen molar-refractivity contribution in [2.45, 2.75) is 44.4 Å². The first-order valence-corrected chi connectivity index (χ1v) is 10.5. The second-order valence-electron chi connectivity index (χ2n) is 7.93. The molecule has 4 rings (SSSR count). The SMILES string of the molecule is NC(=O)c1ccc(COc2ccccc2-c2ccn([C@H]3CCCC[C@@H]3O)c(=O)c2)cc1. The van der Waals surface area contributed by atoms with Crippen molar-refractivity contribution in [2.75, 3.05) is 0 Å². The molecule has 2 aromatic carbocycles. The van der Waals surface area contributed by atoms with Gasteiger partial charge in [-0.15, -0.1) is 0 Å². The molecule has 1 amide bonds. The number of nitrogens with zero attached hydrogens (tertiary/aromatic N) is 1. The quantitative estimate of drug-likeness (QED) is 0.639. The largest absolute Gasteiger partial charge is 0.488 e. The summed E-state index contributed by atoms with van der Waals surface area (Å²) >= 11 is 0. The maximum Gasteiger partial charge on any atom is 0.251 e. The van der Waals surface area contributed by atoms with Crippen LogP contribution >= 0.6 is 0 Å². The number of benzene rings is 2. The average Bonchev–Trinajstić information content (AvgIpc) is 2.79. The molecule has 160 valence electrons. The molecule has 1 heterocycles. The number of pyridine rings is 1. The predicted molar refractivity (Wildman–Crippen MR) is 119 cm³/mol. The Morgan fingerprint density at radius 1 is 1.06 bits per heavy atom. The van der Waals surface area contributed by atoms with E-state index in [4.69, 9.17) is 10.5 Å². The number of hydrogen-bond donors (Lipinski definition) is 2. The van der Waals surface area contributed by atoms with Crippen LogP contribution in [0.3, 0.4) is 0 Å². The number of rotatable bonds is 6. The van der Waals surface area contributed by atoms with Crippen LogP contribution in [0.5, 0.6) is 5.75 Å². The summed E-state index contributed by atoms with van der Waals surface area (Å²) in [6, 6.07) is 17.9. The third-order valence-electron chi connectivity index (χ3n) is 5.83. The van der Waals surface area contributed by atoms with Gasteiger partial charge in [0, 0.05) is 23.4 Å². The van der Waals surface area contributed by atoms with Crippen LogP contribution < -0.4 is 16.0 Å². The van der Waals surface area contributed by atoms with E-state index in [2.05, 4.69) is 0 Å². The molecule has 1 saturated carbocycles. The van der Waals surface area contributed by atoms with Crippen LogP contribution in [0.1, 0.15) is 47.6 Å². The number of hydrogen-bond acceptors (Lipinski definition) is 4. The van der Waals surface area contributed by atoms with E-state index in [0.29, 0.717) is 17.9 Å². The molecular formula is C25H26N2O4. The second kappa shape index (κ2) is 9.18. The topological polar surface area (TPSA) is 94.6 Å². The lowest BCUT2D eigenvalue weighted by Crippen LogP contribution is -2.34. The van der Waals surface area contributed by atoms with E-state index in [1.54, 1.807) is 41.1 Å². The van der Waals surface area contributed by atoms with E-state index in [1.165, 1.54) is 0 Å². The summed E-state index contributed by atoms with van der Waals surface area (Å²) in [7, 11) is 0. The number of ether oxygens (including phenoxy) is 1. The second-order valence-corrected chi connectivity index (χ2v) is 7.93. The Morgan fingerprint density at radius 2 is 1.81 bits per heavy atom. The average molecular weight is 418 g/mol. The fourth-order valence-corrected chi connectivity index (χ4v) is 4.10. The molecule has 0 radical (unpaired) electrons. The first-order chi connectivity index (χ1) is 15.0. The van der Waals surface area contributed by atoms with Gasteiger partial charge in [-0.3, -0.25) is 9.59 Å². The number of primary amides is 1. The first-order valence-electron chi connectivity index (χ1n) is 10.5. The highest BCUT2D eigenvalue weighted by atomic mass is 16.5. The summed E-state index contributed by atoms with van der Waals surface area (Å²) in [5.74, 6) is 0.199. The number of amides is 1. The zero-order valence-corrected chi connectivity index (χ0v) is 17.2. The number of aliphatic hydroxyl groups is 1. The Kier molecular flexibility index (Phi) is 6.18. The predicted octanol–water partition coefficient (Wildman–Crippen LogP) is 3.67. The summed E-state index contributed by atoms with van der Waals surface area (Å²) in [4.78, 5) is 24.0. The molecule has 6 heteroatoms. The fraction of sp³-hybridized carbons (Fsp3) is 0.280. The van der Waals surface area contributed by atoms with Crippen molar-refractivity contribution in [3.05, 3.63) is 88.3 Å². The zero-order valence-electron chi connectivity index (χ0n) is 17.2. The van der Waals surface area contributed by atoms with Crippen LogP contribution in [0.15, 0.2) is 71.7 Å². The normalized spacial score (nSPS) is 18.5. The number of carbonyl (C=O) groups excluding carboxylic acids is 1. The molecule has 3 aromatic rings. The van der Waals surface area contributed by atoms with Crippen LogP contribution in [0, 0.1) is 0 Å². The van der Waals surface area contributed by atoms with Gasteiger partial charge in [-0.05, 0) is 48.2 Å². The van der Waals surface area contributed by atoms with Crippen LogP contribution in [0.25, 0.3) is 11.1 Å². The third kappa shape index (κ3) is 4.70. The molecular weight excluding hydrogens is 392 g/mol. The molecule has 1 aliphatic carbocycles. The molecule has 6 nitrogen and oxygen atoms in total. The summed E-state index contributed by atoms with van der Waals surface area (Å²) < 4.78 is 7.67. The maximum absolute atomic E-state index is 12.8. The molecule has 3 N–H and O–H groups in total. The van der Waals surface area contributed by atoms with Crippen molar-refractivity contribution in [1.82, 2.24) is 4.57 Å². The minimum Gasteiger partial charge on any atom is -0.488 e. The molecule has 0 unspecified atom stereocenters. The Labute approximate surface area is 180 Å². The number of aliphatic hydroxyl groups excluding tert-OH is 1. The van der Waals surface area contributed by atoms with E-state index in [9.17, 15) is 14.7 Å². The molecule has 0 saturated heterocycles. The highest BCUT2D eigenvalue weighted by Gasteiger charge is 2.25. The van der Waals surface area contributed by atoms with Gasteiger partial charge in [0.05, 0.1) is 12.1 Å². The number of nitrogens with two attached hydrogens (primary N) is 1. The van der Waals surface area contributed by atoms with Crippen molar-refractivity contribution in [2.24, 2.45) is 5.73 Å². The standard InChI is InChI=1S/C25H26N2O4/c26-25(30)18-11-9-17(10-12-18)16-31-23-8-4-1-5-20(23)19-13-14-27(24(29)15-19)21-6-2-3-7-22(21)28/h1,4-5,8-15,21-22,28H,2-3,6-7,16H2,(H2,26,30)/t21-,22-/m0/s1. The summed E-state index contributed by atoms with van der Waals surface area (Å²) in [5.41, 5.74) is 8.10. The molecule has 0 bridgehead atoms. The molecule has 31 heavy (non-hydrogen) atoms. The summed E-state index contributed by atoms with van der Waals surface area (Å²) in [5, 5.41) is 10.3. The van der Waals surface area contributed by atoms with Crippen molar-refractivity contribution < 1.29 is 14.6 Å². The van der Waals surface area contributed by atoms with Gasteiger partial charge in [0.25, 0.3) is 5.56 Å². The number of carbonyl (C=O) groups is 1. The Bertz CT molecular complexity index is 1120. The van der Waals surface area contributed by atoms with E-state index >= 15 is 0 Å². The van der Waals surface area contributed by atoms with E-state index in [-0.39, 0.29) is 11.6 Å². The smallest absolute Gasteiger partial charge is 0.251 e. The van der Waals surface area contributed by atoms with Crippen molar-refractivity contribution in [3.63, 3.8) is 0 Å². The minimum atomic E-state index is -0.478. The Balaban J connectivity index is 1.54. The van der Waals surface area contributed by atoms with Crippen LogP contribution in [0.4, 0.5) is 0 Å². The van der Waals surface area contributed by atoms with Crippen LogP contribution in [-0.2, 0) is 6.61 Å². The summed E-state index contributed by atoms with van der Waals surface area (Å²) in [6.45, 7) is 0.321. The molecule has 0 spiro atoms. The highest BCUT2D eigenvalue weighted by Crippen LogP contribution is 2.31. The van der Waals surface area contributed by atoms with Crippen LogP contribution in [-0.4, -0.2) is 21.7 Å². The van der Waals surface area contributed by atoms with E-state index in [1.807, 2.05) is 30.3 Å². The van der Waals surface area contributed by atoms with Gasteiger partial charge >= 0.3 is 0 Å². The van der Waals surface area contributed by atoms with Gasteiger partial charge in [0.2, 0.25) is 5.91 Å². The van der Waals surface area contributed by atoms with E-state index in [0.717, 1.165) is 42.4 Å². The molecule has 2 atom stereocenters. The Hall–Kier alpha value is -3.38. The third-order valence-corrected chi connectivity index (χ3v) is 5.83. The lowest BCUT2D eigenvalue weighted by atomic mass is 9.92. The number of para-hydroxylation sites is 1. The zero-order chi connectivity index (χ0) is 21.8. The van der Waals surface area contributed by atoms with Gasteiger partial charge < -0.3 is 20.1 Å². The highest BCUT2D eigenvalue weighted by molar-refractivity contribution is 5.92. The molecule has 1 aromatic heterocycles. The summed E-state index contributed by atoms with van der Waals surface area (Å²) in [6.07, 6.45) is 4.86. The van der Waals surface area contributed by atoms with Gasteiger partial charge in [-0.1, -0.05) is 43.2 Å². The van der Waals surface area contributed by atoms with Crippen molar-refractivity contribution >= 4 is 5.91 Å². The lowest BCUT2D eigenvalue weighted by molar-refractivity contribution is 0.0738. The first kappa shape index (κ1) is 20.9. The van der Waals surface area contributed by atoms with Gasteiger partial charge in [-0.25, -0.2) is 0 Å². The van der Waals surface area contributed by atoms with Crippen molar-refractivity contribution in [1.29, 1.82) is 0 Å².